The number of amides is 1. The van der Waals surface area contributed by atoms with Crippen molar-refractivity contribution in [2.45, 2.75) is 37.3 Å². The number of benzene rings is 1. The molecule has 0 radical (unpaired) electrons. The third-order valence-electron chi connectivity index (χ3n) is 6.56. The molecule has 53 heavy (non-hydrogen) atoms. The van der Waals surface area contributed by atoms with Crippen LogP contribution in [-0.2, 0) is 54.0 Å². The first-order valence-electron chi connectivity index (χ1n) is 15.6. The zero-order valence-corrected chi connectivity index (χ0v) is 29.0. The summed E-state index contributed by atoms with van der Waals surface area (Å²) in [5, 5.41) is 15.1. The second-order valence-electron chi connectivity index (χ2n) is 10.4. The number of carbonyl (C=O) groups is 5. The van der Waals surface area contributed by atoms with Gasteiger partial charge in [0.25, 0.3) is 0 Å². The van der Waals surface area contributed by atoms with Gasteiger partial charge in [0.05, 0.1) is 4.92 Å². The number of nitro groups is 1. The fourth-order valence-corrected chi connectivity index (χ4v) is 4.17. The van der Waals surface area contributed by atoms with Crippen molar-refractivity contribution in [1.82, 2.24) is 10.2 Å². The van der Waals surface area contributed by atoms with Gasteiger partial charge in [0.1, 0.15) is 33.0 Å². The molecule has 1 amide bonds. The van der Waals surface area contributed by atoms with E-state index in [0.29, 0.717) is 13.1 Å². The zero-order chi connectivity index (χ0) is 39.3. The molecule has 0 saturated carbocycles. The summed E-state index contributed by atoms with van der Waals surface area (Å²) >= 11 is 0. The van der Waals surface area contributed by atoms with Crippen molar-refractivity contribution >= 4 is 36.2 Å². The molecule has 1 heterocycles. The van der Waals surface area contributed by atoms with Gasteiger partial charge >= 0.3 is 36.2 Å². The monoisotopic (exact) mass is 751 g/mol. The first kappa shape index (κ1) is 43.0. The quantitative estimate of drug-likeness (QED) is 0.0661. The minimum Gasteiger partial charge on any atom is -0.459 e. The number of nitro benzene ring substituents is 1. The van der Waals surface area contributed by atoms with E-state index < -0.39 is 77.6 Å². The molecule has 0 aliphatic carbocycles. The molecule has 0 unspecified atom stereocenters. The first-order chi connectivity index (χ1) is 25.4. The second kappa shape index (κ2) is 22.6. The Morgan fingerprint density at radius 3 is 1.89 bits per heavy atom. The normalized spacial score (nSPS) is 18.8. The van der Waals surface area contributed by atoms with Crippen LogP contribution in [0, 0.1) is 10.1 Å². The largest absolute Gasteiger partial charge is 0.509 e. The maximum atomic E-state index is 13.3. The van der Waals surface area contributed by atoms with E-state index >= 15 is 0 Å². The van der Waals surface area contributed by atoms with Gasteiger partial charge in [0, 0.05) is 26.2 Å². The summed E-state index contributed by atoms with van der Waals surface area (Å²) in [7, 11) is 3.21. The molecule has 2 rings (SSSR count). The number of rotatable bonds is 20. The third-order valence-corrected chi connectivity index (χ3v) is 6.56. The van der Waals surface area contributed by atoms with Gasteiger partial charge in [0.2, 0.25) is 12.4 Å². The van der Waals surface area contributed by atoms with Gasteiger partial charge in [-0.05, 0) is 18.7 Å². The summed E-state index contributed by atoms with van der Waals surface area (Å²) in [4.78, 5) is 76.5. The Hall–Kier alpha value is -6.15. The highest BCUT2D eigenvalue weighted by Crippen LogP contribution is 2.35. The van der Waals surface area contributed by atoms with Gasteiger partial charge < -0.3 is 57.6 Å². The lowest BCUT2D eigenvalue weighted by Crippen LogP contribution is -2.64. The van der Waals surface area contributed by atoms with Crippen LogP contribution in [0.25, 0.3) is 0 Å². The average Bonchev–Trinajstić information content (AvgIpc) is 3.14. The lowest BCUT2D eigenvalue weighted by atomic mass is 9.98. The van der Waals surface area contributed by atoms with Gasteiger partial charge in [-0.3, -0.25) is 10.1 Å². The molecule has 290 valence electrons. The number of hydrogen-bond donors (Lipinski definition) is 1. The van der Waals surface area contributed by atoms with Crippen LogP contribution in [0.2, 0.25) is 0 Å². The Bertz CT molecular complexity index is 1480. The molecular weight excluding hydrogens is 710 g/mol. The highest BCUT2D eigenvalue weighted by atomic mass is 16.8. The minimum atomic E-state index is -2.06. The average molecular weight is 752 g/mol. The van der Waals surface area contributed by atoms with Crippen LogP contribution in [0.3, 0.4) is 0 Å². The van der Waals surface area contributed by atoms with Crippen LogP contribution in [-0.4, -0.2) is 125 Å². The Kier molecular flexibility index (Phi) is 18.4. The van der Waals surface area contributed by atoms with Gasteiger partial charge in [-0.15, -0.1) is 0 Å². The van der Waals surface area contributed by atoms with Crippen LogP contribution in [0.15, 0.2) is 68.8 Å². The van der Waals surface area contributed by atoms with E-state index in [1.165, 1.54) is 42.3 Å². The maximum absolute atomic E-state index is 13.3. The zero-order valence-electron chi connectivity index (χ0n) is 29.0. The lowest BCUT2D eigenvalue weighted by Gasteiger charge is -2.42. The van der Waals surface area contributed by atoms with Crippen LogP contribution in [0.1, 0.15) is 5.56 Å². The van der Waals surface area contributed by atoms with Crippen molar-refractivity contribution in [3.63, 3.8) is 0 Å². The van der Waals surface area contributed by atoms with E-state index in [0.717, 1.165) is 12.1 Å². The molecule has 1 aromatic carbocycles. The molecule has 1 aliphatic heterocycles. The lowest BCUT2D eigenvalue weighted by molar-refractivity contribution is -0.387. The highest BCUT2D eigenvalue weighted by Gasteiger charge is 2.57. The molecule has 0 aromatic heterocycles. The topological polar surface area (TPSA) is 236 Å². The van der Waals surface area contributed by atoms with E-state index in [2.05, 4.69) is 31.6 Å². The van der Waals surface area contributed by atoms with Crippen molar-refractivity contribution in [3.8, 4) is 5.75 Å². The fraction of sp³-hybridized carbons (Fsp3) is 0.424. The van der Waals surface area contributed by atoms with Crippen molar-refractivity contribution in [2.75, 3.05) is 53.6 Å². The second-order valence-corrected chi connectivity index (χ2v) is 10.4. The molecule has 0 bridgehead atoms. The van der Waals surface area contributed by atoms with E-state index in [-0.39, 0.29) is 38.6 Å². The number of nitrogens with zero attached hydrogens (tertiary/aromatic N) is 2. The molecular formula is C33H41N3O17. The minimum absolute atomic E-state index is 0.174. The number of ether oxygens (including phenoxy) is 10. The summed E-state index contributed by atoms with van der Waals surface area (Å²) in [6.45, 7) is 12.7. The van der Waals surface area contributed by atoms with Crippen LogP contribution in [0.4, 0.5) is 24.9 Å². The number of hydrogen-bond acceptors (Lipinski definition) is 18. The van der Waals surface area contributed by atoms with Gasteiger partial charge in [-0.1, -0.05) is 56.7 Å². The number of nitrogens with one attached hydrogen (secondary N) is 1. The standard InChI is InChI=1S/C33H41N3O17/c1-7-15-44-28(37)26-24(51-31(39)45-16-8-2)25(52-32(40)46-17-9-3)27(53-33(41)47-18-10-4)29(50-26)49-23-12-11-21(19-22(23)36(42)43)20-48-30(38)35(6)14-13-34-5/h7-12,19,24-27,29,34H,1-4,13-18,20H2,5-6H3/t24-,25-,26-,27+,29+/m0/s1. The number of likely N-dealkylation sites (N-methyl/N-ethyl adjacent to an activating group) is 2. The van der Waals surface area contributed by atoms with Crippen LogP contribution in [0.5, 0.6) is 5.75 Å². The van der Waals surface area contributed by atoms with Gasteiger partial charge in [0.15, 0.2) is 24.1 Å². The summed E-state index contributed by atoms with van der Waals surface area (Å²) in [6.07, 6.45) is -10.3. The van der Waals surface area contributed by atoms with E-state index in [9.17, 15) is 34.1 Å². The molecule has 1 saturated heterocycles. The smallest absolute Gasteiger partial charge is 0.459 e. The Balaban J connectivity index is 2.64. The molecule has 1 aromatic rings. The summed E-state index contributed by atoms with van der Waals surface area (Å²) < 4.78 is 52.7. The third kappa shape index (κ3) is 13.8. The highest BCUT2D eigenvalue weighted by molar-refractivity contribution is 5.77. The SMILES string of the molecule is C=CCOC(=O)O[C@@H]1[C@@H](OC(=O)OCC=C)[C@H](Oc2ccc(COC(=O)N(C)CCNC)cc2[N+](=O)[O-])O[C@H](C(=O)OCC=C)[C@H]1OC(=O)OCC=C. The molecule has 1 N–H and O–H groups in total. The number of esters is 1. The van der Waals surface area contributed by atoms with Crippen molar-refractivity contribution in [2.24, 2.45) is 0 Å². The molecule has 20 nitrogen and oxygen atoms in total. The van der Waals surface area contributed by atoms with Gasteiger partial charge in [-0.25, -0.2) is 24.0 Å². The van der Waals surface area contributed by atoms with E-state index in [4.69, 9.17) is 47.4 Å². The first-order valence-corrected chi connectivity index (χ1v) is 15.6. The van der Waals surface area contributed by atoms with Crippen LogP contribution >= 0.6 is 0 Å². The Morgan fingerprint density at radius 2 is 1.36 bits per heavy atom. The summed E-state index contributed by atoms with van der Waals surface area (Å²) in [6, 6.07) is 3.46. The Labute approximate surface area is 303 Å². The summed E-state index contributed by atoms with van der Waals surface area (Å²) in [5.74, 6) is -1.75. The number of carbonyl (C=O) groups excluding carboxylic acids is 5. The van der Waals surface area contributed by atoms with Gasteiger partial charge in [-0.2, -0.15) is 0 Å². The molecule has 1 aliphatic rings. The van der Waals surface area contributed by atoms with E-state index in [1.807, 2.05) is 0 Å². The van der Waals surface area contributed by atoms with Crippen LogP contribution < -0.4 is 10.1 Å². The van der Waals surface area contributed by atoms with Crippen molar-refractivity contribution in [3.05, 3.63) is 84.5 Å². The molecule has 1 fully saturated rings. The predicted molar refractivity (Wildman–Crippen MR) is 180 cm³/mol. The fourth-order valence-electron chi connectivity index (χ4n) is 4.17. The van der Waals surface area contributed by atoms with E-state index in [1.54, 1.807) is 7.05 Å². The summed E-state index contributed by atoms with van der Waals surface area (Å²) in [5.41, 5.74) is -0.521. The van der Waals surface area contributed by atoms with Crippen molar-refractivity contribution in [1.29, 1.82) is 0 Å². The Morgan fingerprint density at radius 1 is 0.830 bits per heavy atom. The maximum Gasteiger partial charge on any atom is 0.509 e. The molecule has 5 atom stereocenters. The molecule has 20 heteroatoms. The van der Waals surface area contributed by atoms with Crippen molar-refractivity contribution < 1.29 is 76.3 Å². The molecule has 0 spiro atoms. The predicted octanol–water partition coefficient (Wildman–Crippen LogP) is 3.34.